The van der Waals surface area contributed by atoms with Gasteiger partial charge in [0.1, 0.15) is 5.65 Å². The fraction of sp³-hybridized carbons (Fsp3) is 0.533. The van der Waals surface area contributed by atoms with Crippen molar-refractivity contribution >= 4 is 21.6 Å². The van der Waals surface area contributed by atoms with Crippen molar-refractivity contribution in [2.45, 2.75) is 44.9 Å². The van der Waals surface area contributed by atoms with Crippen LogP contribution in [-0.2, 0) is 12.8 Å². The molecule has 0 radical (unpaired) electrons. The van der Waals surface area contributed by atoms with Crippen molar-refractivity contribution in [3.05, 3.63) is 34.2 Å². The van der Waals surface area contributed by atoms with E-state index >= 15 is 0 Å². The van der Waals surface area contributed by atoms with E-state index in [1.54, 1.807) is 0 Å². The Hall–Kier alpha value is -0.830. The number of halogens is 1. The molecule has 94 valence electrons. The van der Waals surface area contributed by atoms with E-state index in [-0.39, 0.29) is 0 Å². The number of aromatic nitrogens is 2. The quantitative estimate of drug-likeness (QED) is 0.715. The molecule has 0 unspecified atom stereocenters. The van der Waals surface area contributed by atoms with Gasteiger partial charge in [-0.2, -0.15) is 0 Å². The highest BCUT2D eigenvalue weighted by molar-refractivity contribution is 9.10. The van der Waals surface area contributed by atoms with Crippen LogP contribution in [0.5, 0.6) is 0 Å². The van der Waals surface area contributed by atoms with E-state index < -0.39 is 0 Å². The predicted octanol–water partition coefficient (Wildman–Crippen LogP) is 4.15. The fourth-order valence-electron chi connectivity index (χ4n) is 3.88. The monoisotopic (exact) mass is 304 g/mol. The van der Waals surface area contributed by atoms with Crippen LogP contribution in [0.2, 0.25) is 0 Å². The van der Waals surface area contributed by atoms with E-state index in [1.165, 1.54) is 56.3 Å². The zero-order chi connectivity index (χ0) is 12.2. The molecule has 18 heavy (non-hydrogen) atoms. The molecular formula is C15H17BrN2. The first-order valence-corrected chi connectivity index (χ1v) is 7.71. The summed E-state index contributed by atoms with van der Waals surface area (Å²) in [6.07, 6.45) is 11.6. The van der Waals surface area contributed by atoms with E-state index in [2.05, 4.69) is 38.7 Å². The number of rotatable bonds is 0. The van der Waals surface area contributed by atoms with Crippen molar-refractivity contribution in [1.82, 2.24) is 9.38 Å². The van der Waals surface area contributed by atoms with Crippen molar-refractivity contribution in [2.75, 3.05) is 0 Å². The molecule has 2 heterocycles. The van der Waals surface area contributed by atoms with Gasteiger partial charge in [-0.05, 0) is 65.6 Å². The minimum absolute atomic E-state index is 0.602. The van der Waals surface area contributed by atoms with Gasteiger partial charge in [-0.15, -0.1) is 0 Å². The minimum Gasteiger partial charge on any atom is -0.303 e. The van der Waals surface area contributed by atoms with Crippen molar-refractivity contribution in [3.8, 4) is 0 Å². The molecular weight excluding hydrogens is 288 g/mol. The average molecular weight is 305 g/mol. The average Bonchev–Trinajstić information content (AvgIpc) is 2.95. The molecule has 3 heteroatoms. The maximum atomic E-state index is 4.79. The fourth-order valence-corrected chi connectivity index (χ4v) is 4.22. The van der Waals surface area contributed by atoms with Crippen LogP contribution in [0.1, 0.15) is 43.5 Å². The lowest BCUT2D eigenvalue weighted by atomic mass is 9.73. The third-order valence-electron chi connectivity index (χ3n) is 4.86. The first-order valence-electron chi connectivity index (χ1n) is 6.91. The van der Waals surface area contributed by atoms with Gasteiger partial charge >= 0.3 is 0 Å². The van der Waals surface area contributed by atoms with Gasteiger partial charge in [-0.25, -0.2) is 4.98 Å². The third kappa shape index (κ3) is 1.56. The van der Waals surface area contributed by atoms with E-state index in [0.717, 1.165) is 10.1 Å². The summed E-state index contributed by atoms with van der Waals surface area (Å²) in [6, 6.07) is 4.20. The van der Waals surface area contributed by atoms with Crippen molar-refractivity contribution < 1.29 is 0 Å². The number of imidazole rings is 1. The van der Waals surface area contributed by atoms with E-state index in [4.69, 9.17) is 4.98 Å². The van der Waals surface area contributed by atoms with Crippen LogP contribution in [0.15, 0.2) is 22.8 Å². The van der Waals surface area contributed by atoms with Gasteiger partial charge < -0.3 is 4.40 Å². The number of hydrogen-bond donors (Lipinski definition) is 0. The van der Waals surface area contributed by atoms with Gasteiger partial charge in [-0.3, -0.25) is 0 Å². The Kier molecular flexibility index (Phi) is 2.35. The number of fused-ring (bicyclic) bond motifs is 3. The second-order valence-corrected chi connectivity index (χ2v) is 6.88. The summed E-state index contributed by atoms with van der Waals surface area (Å²) in [5, 5.41) is 0. The maximum Gasteiger partial charge on any atom is 0.137 e. The third-order valence-corrected chi connectivity index (χ3v) is 5.33. The van der Waals surface area contributed by atoms with E-state index in [1.807, 2.05) is 0 Å². The molecule has 1 saturated carbocycles. The van der Waals surface area contributed by atoms with Crippen LogP contribution in [0.25, 0.3) is 5.65 Å². The van der Waals surface area contributed by atoms with Crippen LogP contribution in [-0.4, -0.2) is 9.38 Å². The minimum atomic E-state index is 0.602. The number of pyridine rings is 1. The van der Waals surface area contributed by atoms with Gasteiger partial charge in [0.2, 0.25) is 0 Å². The summed E-state index contributed by atoms with van der Waals surface area (Å²) in [7, 11) is 0. The summed E-state index contributed by atoms with van der Waals surface area (Å²) in [4.78, 5) is 4.79. The summed E-state index contributed by atoms with van der Waals surface area (Å²) in [5.74, 6) is 0. The largest absolute Gasteiger partial charge is 0.303 e. The second kappa shape index (κ2) is 3.83. The molecule has 0 aliphatic heterocycles. The smallest absolute Gasteiger partial charge is 0.137 e. The molecule has 4 rings (SSSR count). The Balaban J connectivity index is 1.86. The molecule has 2 aromatic rings. The van der Waals surface area contributed by atoms with Crippen LogP contribution < -0.4 is 0 Å². The lowest BCUT2D eigenvalue weighted by molar-refractivity contribution is 0.250. The van der Waals surface area contributed by atoms with Gasteiger partial charge in [0.25, 0.3) is 0 Å². The zero-order valence-electron chi connectivity index (χ0n) is 10.5. The lowest BCUT2D eigenvalue weighted by Crippen LogP contribution is -2.26. The normalized spacial score (nSPS) is 21.6. The molecule has 1 spiro atoms. The molecule has 0 N–H and O–H groups in total. The summed E-state index contributed by atoms with van der Waals surface area (Å²) >= 11 is 3.57. The summed E-state index contributed by atoms with van der Waals surface area (Å²) in [5.41, 5.74) is 4.52. The van der Waals surface area contributed by atoms with Gasteiger partial charge in [-0.1, -0.05) is 12.8 Å². The molecule has 0 atom stereocenters. The molecule has 2 aromatic heterocycles. The number of nitrogens with zero attached hydrogens (tertiary/aromatic N) is 2. The molecule has 0 aromatic carbocycles. The molecule has 0 amide bonds. The first-order chi connectivity index (χ1) is 8.76. The van der Waals surface area contributed by atoms with Crippen LogP contribution in [0.3, 0.4) is 0 Å². The molecule has 0 bridgehead atoms. The molecule has 2 nitrogen and oxygen atoms in total. The Labute approximate surface area is 116 Å². The van der Waals surface area contributed by atoms with Gasteiger partial charge in [0.05, 0.1) is 5.69 Å². The summed E-state index contributed by atoms with van der Waals surface area (Å²) in [6.45, 7) is 0. The number of hydrogen-bond acceptors (Lipinski definition) is 1. The lowest BCUT2D eigenvalue weighted by Gasteiger charge is -2.32. The highest BCUT2D eigenvalue weighted by Gasteiger charge is 2.38. The molecule has 1 fully saturated rings. The van der Waals surface area contributed by atoms with Crippen LogP contribution in [0.4, 0.5) is 0 Å². The van der Waals surface area contributed by atoms with Crippen molar-refractivity contribution in [2.24, 2.45) is 5.41 Å². The van der Waals surface area contributed by atoms with Crippen LogP contribution >= 0.6 is 15.9 Å². The Bertz CT molecular complexity index is 608. The molecule has 2 aliphatic rings. The second-order valence-electron chi connectivity index (χ2n) is 5.96. The highest BCUT2D eigenvalue weighted by Crippen LogP contribution is 2.47. The van der Waals surface area contributed by atoms with E-state index in [0.29, 0.717) is 5.41 Å². The topological polar surface area (TPSA) is 17.3 Å². The van der Waals surface area contributed by atoms with Crippen LogP contribution in [0, 0.1) is 5.41 Å². The Morgan fingerprint density at radius 2 is 2.00 bits per heavy atom. The van der Waals surface area contributed by atoms with Gasteiger partial charge in [0, 0.05) is 16.4 Å². The SMILES string of the molecule is Brc1ccc2nc3c(n2c1)CC1(CCCC1)CC3. The Morgan fingerprint density at radius 3 is 2.83 bits per heavy atom. The first kappa shape index (κ1) is 11.0. The van der Waals surface area contributed by atoms with Gasteiger partial charge in [0.15, 0.2) is 0 Å². The highest BCUT2D eigenvalue weighted by atomic mass is 79.9. The zero-order valence-corrected chi connectivity index (χ0v) is 12.0. The van der Waals surface area contributed by atoms with Crippen molar-refractivity contribution in [3.63, 3.8) is 0 Å². The standard InChI is InChI=1S/C15H17BrN2/c16-11-3-4-14-17-12-5-8-15(6-1-2-7-15)9-13(12)18(14)10-11/h3-4,10H,1-2,5-9H2. The number of aryl methyl sites for hydroxylation is 1. The maximum absolute atomic E-state index is 4.79. The summed E-state index contributed by atoms with van der Waals surface area (Å²) < 4.78 is 3.44. The Morgan fingerprint density at radius 1 is 1.17 bits per heavy atom. The molecule has 2 aliphatic carbocycles. The molecule has 0 saturated heterocycles. The van der Waals surface area contributed by atoms with Crippen molar-refractivity contribution in [1.29, 1.82) is 0 Å². The predicted molar refractivity (Wildman–Crippen MR) is 75.8 cm³/mol. The van der Waals surface area contributed by atoms with E-state index in [9.17, 15) is 0 Å².